The van der Waals surface area contributed by atoms with Gasteiger partial charge in [0, 0.05) is 17.0 Å². The van der Waals surface area contributed by atoms with Crippen molar-refractivity contribution in [2.75, 3.05) is 20.2 Å². The largest absolute Gasteiger partial charge is 0.493 e. The summed E-state index contributed by atoms with van der Waals surface area (Å²) in [6.07, 6.45) is 2.08. The van der Waals surface area contributed by atoms with Gasteiger partial charge in [0.25, 0.3) is 0 Å². The van der Waals surface area contributed by atoms with Crippen LogP contribution in [0.3, 0.4) is 0 Å². The molecule has 0 unspecified atom stereocenters. The van der Waals surface area contributed by atoms with E-state index in [-0.39, 0.29) is 5.63 Å². The fraction of sp³-hybridized carbons (Fsp3) is 0.438. The highest BCUT2D eigenvalue weighted by Crippen LogP contribution is 2.23. The lowest BCUT2D eigenvalue weighted by Crippen LogP contribution is -2.09. The molecule has 0 spiro atoms. The highest BCUT2D eigenvalue weighted by atomic mass is 16.5. The Morgan fingerprint density at radius 1 is 1.20 bits per heavy atom. The van der Waals surface area contributed by atoms with Crippen LogP contribution in [0.15, 0.2) is 27.4 Å². The van der Waals surface area contributed by atoms with Crippen LogP contribution in [0.5, 0.6) is 5.75 Å². The van der Waals surface area contributed by atoms with Gasteiger partial charge in [-0.2, -0.15) is 0 Å². The summed E-state index contributed by atoms with van der Waals surface area (Å²) in [6.45, 7) is 5.39. The number of nitrogens with one attached hydrogen (secondary N) is 1. The van der Waals surface area contributed by atoms with Gasteiger partial charge in [0.05, 0.1) is 6.61 Å². The van der Waals surface area contributed by atoms with E-state index < -0.39 is 0 Å². The molecule has 1 aromatic heterocycles. The molecule has 20 heavy (non-hydrogen) atoms. The van der Waals surface area contributed by atoms with Crippen molar-refractivity contribution in [2.24, 2.45) is 0 Å². The van der Waals surface area contributed by atoms with Crippen LogP contribution < -0.4 is 15.7 Å². The summed E-state index contributed by atoms with van der Waals surface area (Å²) >= 11 is 0. The van der Waals surface area contributed by atoms with Gasteiger partial charge in [-0.25, -0.2) is 4.79 Å². The Hall–Kier alpha value is -1.81. The van der Waals surface area contributed by atoms with Gasteiger partial charge in [0.1, 0.15) is 11.3 Å². The minimum absolute atomic E-state index is 0.277. The molecule has 1 heterocycles. The predicted molar refractivity (Wildman–Crippen MR) is 80.6 cm³/mol. The first kappa shape index (κ1) is 14.6. The normalized spacial score (nSPS) is 10.9. The van der Waals surface area contributed by atoms with E-state index in [0.29, 0.717) is 17.8 Å². The highest BCUT2D eigenvalue weighted by Gasteiger charge is 2.08. The number of ether oxygens (including phenoxy) is 1. The van der Waals surface area contributed by atoms with Crippen molar-refractivity contribution in [1.82, 2.24) is 5.32 Å². The maximum absolute atomic E-state index is 11.7. The predicted octanol–water partition coefficient (Wildman–Crippen LogP) is 2.79. The van der Waals surface area contributed by atoms with Crippen molar-refractivity contribution in [3.63, 3.8) is 0 Å². The molecule has 0 atom stereocenters. The fourth-order valence-electron chi connectivity index (χ4n) is 2.11. The molecular weight excluding hydrogens is 254 g/mol. The molecule has 0 aliphatic carbocycles. The number of unbranched alkanes of at least 4 members (excludes halogenated alkanes) is 1. The molecule has 0 fully saturated rings. The average molecular weight is 275 g/mol. The second-order valence-electron chi connectivity index (χ2n) is 4.96. The van der Waals surface area contributed by atoms with E-state index in [1.807, 2.05) is 26.1 Å². The van der Waals surface area contributed by atoms with Crippen LogP contribution in [0.4, 0.5) is 0 Å². The first-order chi connectivity index (χ1) is 9.63. The molecule has 1 N–H and O–H groups in total. The van der Waals surface area contributed by atoms with E-state index in [0.717, 1.165) is 36.1 Å². The van der Waals surface area contributed by atoms with Gasteiger partial charge in [-0.15, -0.1) is 0 Å². The molecule has 0 amide bonds. The van der Waals surface area contributed by atoms with Gasteiger partial charge in [-0.1, -0.05) is 0 Å². The van der Waals surface area contributed by atoms with Gasteiger partial charge in [0.2, 0.25) is 0 Å². The third-order valence-electron chi connectivity index (χ3n) is 3.52. The van der Waals surface area contributed by atoms with Crippen LogP contribution in [0, 0.1) is 13.8 Å². The van der Waals surface area contributed by atoms with E-state index >= 15 is 0 Å². The lowest BCUT2D eigenvalue weighted by Gasteiger charge is -2.08. The first-order valence-electron chi connectivity index (χ1n) is 6.95. The Labute approximate surface area is 118 Å². The van der Waals surface area contributed by atoms with E-state index in [4.69, 9.17) is 9.15 Å². The minimum Gasteiger partial charge on any atom is -0.493 e. The van der Waals surface area contributed by atoms with E-state index in [9.17, 15) is 4.79 Å². The van der Waals surface area contributed by atoms with E-state index in [1.54, 1.807) is 13.0 Å². The Balaban J connectivity index is 2.13. The molecule has 108 valence electrons. The average Bonchev–Trinajstić information content (AvgIpc) is 2.44. The summed E-state index contributed by atoms with van der Waals surface area (Å²) in [7, 11) is 1.94. The molecule has 0 bridgehead atoms. The number of benzene rings is 1. The molecule has 0 saturated carbocycles. The smallest absolute Gasteiger partial charge is 0.339 e. The lowest BCUT2D eigenvalue weighted by atomic mass is 10.1. The SMILES string of the molecule is CNCCCCOc1ccc2c(C)c(C)c(=O)oc2c1. The quantitative estimate of drug-likeness (QED) is 0.650. The van der Waals surface area contributed by atoms with Crippen molar-refractivity contribution in [3.8, 4) is 5.75 Å². The molecule has 4 nitrogen and oxygen atoms in total. The maximum atomic E-state index is 11.7. The third-order valence-corrected chi connectivity index (χ3v) is 3.52. The second kappa shape index (κ2) is 6.57. The molecule has 4 heteroatoms. The second-order valence-corrected chi connectivity index (χ2v) is 4.96. The Morgan fingerprint density at radius 2 is 2.00 bits per heavy atom. The van der Waals surface area contributed by atoms with E-state index in [2.05, 4.69) is 5.32 Å². The van der Waals surface area contributed by atoms with Crippen molar-refractivity contribution in [3.05, 3.63) is 39.7 Å². The molecule has 2 aromatic rings. The summed E-state index contributed by atoms with van der Waals surface area (Å²) in [5.74, 6) is 0.744. The number of fused-ring (bicyclic) bond motifs is 1. The fourth-order valence-corrected chi connectivity index (χ4v) is 2.11. The topological polar surface area (TPSA) is 51.5 Å². The summed E-state index contributed by atoms with van der Waals surface area (Å²) in [5.41, 5.74) is 1.95. The Morgan fingerprint density at radius 3 is 2.75 bits per heavy atom. The molecule has 1 aromatic carbocycles. The third kappa shape index (κ3) is 3.20. The van der Waals surface area contributed by atoms with Gasteiger partial charge < -0.3 is 14.5 Å². The molecule has 0 saturated heterocycles. The standard InChI is InChI=1S/C16H21NO3/c1-11-12(2)16(18)20-15-10-13(6-7-14(11)15)19-9-5-4-8-17-3/h6-7,10,17H,4-5,8-9H2,1-3H3. The first-order valence-corrected chi connectivity index (χ1v) is 6.95. The van der Waals surface area contributed by atoms with Gasteiger partial charge in [0.15, 0.2) is 0 Å². The van der Waals surface area contributed by atoms with Crippen molar-refractivity contribution in [2.45, 2.75) is 26.7 Å². The zero-order chi connectivity index (χ0) is 14.5. The van der Waals surface area contributed by atoms with Crippen LogP contribution in [-0.4, -0.2) is 20.2 Å². The summed E-state index contributed by atoms with van der Waals surface area (Å²) in [5, 5.41) is 4.07. The van der Waals surface area contributed by atoms with Gasteiger partial charge in [-0.3, -0.25) is 0 Å². The van der Waals surface area contributed by atoms with Gasteiger partial charge in [-0.05, 0) is 58.0 Å². The van der Waals surface area contributed by atoms with Crippen LogP contribution in [0.25, 0.3) is 11.0 Å². The zero-order valence-corrected chi connectivity index (χ0v) is 12.3. The number of hydrogen-bond donors (Lipinski definition) is 1. The van der Waals surface area contributed by atoms with Crippen LogP contribution in [-0.2, 0) is 0 Å². The molecule has 2 rings (SSSR count). The lowest BCUT2D eigenvalue weighted by molar-refractivity contribution is 0.306. The van der Waals surface area contributed by atoms with Crippen LogP contribution in [0.2, 0.25) is 0 Å². The zero-order valence-electron chi connectivity index (χ0n) is 12.3. The number of hydrogen-bond acceptors (Lipinski definition) is 4. The summed E-state index contributed by atoms with van der Waals surface area (Å²) in [6, 6.07) is 5.66. The molecular formula is C16H21NO3. The van der Waals surface area contributed by atoms with Crippen molar-refractivity contribution >= 4 is 11.0 Å². The van der Waals surface area contributed by atoms with Crippen molar-refractivity contribution in [1.29, 1.82) is 0 Å². The van der Waals surface area contributed by atoms with Gasteiger partial charge >= 0.3 is 5.63 Å². The summed E-state index contributed by atoms with van der Waals surface area (Å²) < 4.78 is 11.0. The van der Waals surface area contributed by atoms with E-state index in [1.165, 1.54) is 0 Å². The number of rotatable bonds is 6. The van der Waals surface area contributed by atoms with Crippen LogP contribution >= 0.6 is 0 Å². The molecule has 0 aliphatic heterocycles. The minimum atomic E-state index is -0.277. The Bertz CT molecular complexity index is 646. The van der Waals surface area contributed by atoms with Crippen LogP contribution in [0.1, 0.15) is 24.0 Å². The Kier molecular flexibility index (Phi) is 4.79. The maximum Gasteiger partial charge on any atom is 0.339 e. The van der Waals surface area contributed by atoms with Crippen molar-refractivity contribution < 1.29 is 9.15 Å². The monoisotopic (exact) mass is 275 g/mol. The molecule has 0 radical (unpaired) electrons. The highest BCUT2D eigenvalue weighted by molar-refractivity contribution is 5.82. The number of aryl methyl sites for hydroxylation is 1. The summed E-state index contributed by atoms with van der Waals surface area (Å²) in [4.78, 5) is 11.7. The molecule has 0 aliphatic rings.